The van der Waals surface area contributed by atoms with E-state index in [2.05, 4.69) is 0 Å². The maximum Gasteiger partial charge on any atom is 0.383 e. The van der Waals surface area contributed by atoms with Crippen molar-refractivity contribution in [2.45, 2.75) is 12.3 Å². The molecule has 0 unspecified atom stereocenters. The number of carboxylic acids is 1. The van der Waals surface area contributed by atoms with Crippen molar-refractivity contribution in [2.75, 3.05) is 5.32 Å². The second-order valence-corrected chi connectivity index (χ2v) is 3.49. The molecule has 0 atom stereocenters. The van der Waals surface area contributed by atoms with Crippen LogP contribution in [0.15, 0.2) is 12.1 Å². The first-order chi connectivity index (χ1) is 9.07. The van der Waals surface area contributed by atoms with E-state index in [-0.39, 0.29) is 12.1 Å². The molecule has 20 heavy (non-hydrogen) atoms. The Balaban J connectivity index is 3.13. The van der Waals surface area contributed by atoms with Crippen LogP contribution in [-0.2, 0) is 4.79 Å². The second-order valence-electron chi connectivity index (χ2n) is 3.49. The second kappa shape index (κ2) is 5.39. The van der Waals surface area contributed by atoms with Gasteiger partial charge in [0, 0.05) is 6.07 Å². The van der Waals surface area contributed by atoms with Crippen LogP contribution < -0.4 is 5.32 Å². The predicted octanol–water partition coefficient (Wildman–Crippen LogP) is 2.50. The molecule has 1 aromatic carbocycles. The summed E-state index contributed by atoms with van der Waals surface area (Å²) in [5, 5.41) is 9.60. The van der Waals surface area contributed by atoms with E-state index < -0.39 is 47.1 Å². The van der Waals surface area contributed by atoms with E-state index >= 15 is 0 Å². The normalized spacial score (nSPS) is 11.6. The number of alkyl halides is 4. The fourth-order valence-corrected chi connectivity index (χ4v) is 1.11. The van der Waals surface area contributed by atoms with E-state index in [1.165, 1.54) is 0 Å². The van der Waals surface area contributed by atoms with Crippen LogP contribution in [0, 0.1) is 11.6 Å². The highest BCUT2D eigenvalue weighted by molar-refractivity contribution is 5.98. The van der Waals surface area contributed by atoms with Gasteiger partial charge in [-0.1, -0.05) is 0 Å². The number of carboxylic acid groups (broad SMARTS) is 1. The number of carbonyl (C=O) groups excluding carboxylic acids is 1. The number of hydrogen-bond donors (Lipinski definition) is 2. The zero-order valence-corrected chi connectivity index (χ0v) is 9.26. The number of amides is 1. The first-order valence-electron chi connectivity index (χ1n) is 4.77. The molecule has 110 valence electrons. The lowest BCUT2D eigenvalue weighted by molar-refractivity contribution is -0.163. The Bertz CT molecular complexity index is 560. The molecule has 0 heterocycles. The maximum absolute atomic E-state index is 13.2. The van der Waals surface area contributed by atoms with Gasteiger partial charge in [-0.25, -0.2) is 22.4 Å². The highest BCUT2D eigenvalue weighted by Crippen LogP contribution is 2.26. The lowest BCUT2D eigenvalue weighted by Gasteiger charge is -2.15. The molecule has 0 aliphatic heterocycles. The summed E-state index contributed by atoms with van der Waals surface area (Å²) in [5.41, 5.74) is -2.28. The van der Waals surface area contributed by atoms with Crippen LogP contribution in [0.1, 0.15) is 10.4 Å². The maximum atomic E-state index is 13.2. The van der Waals surface area contributed by atoms with E-state index in [0.29, 0.717) is 0 Å². The zero-order valence-electron chi connectivity index (χ0n) is 9.26. The quantitative estimate of drug-likeness (QED) is 0.840. The highest BCUT2D eigenvalue weighted by atomic mass is 19.3. The molecule has 0 aliphatic carbocycles. The minimum Gasteiger partial charge on any atom is -0.478 e. The lowest BCUT2D eigenvalue weighted by Crippen LogP contribution is -2.41. The van der Waals surface area contributed by atoms with Crippen molar-refractivity contribution in [1.82, 2.24) is 0 Å². The molecule has 1 rings (SSSR count). The number of carbonyl (C=O) groups is 2. The van der Waals surface area contributed by atoms with E-state index in [1.54, 1.807) is 0 Å². The van der Waals surface area contributed by atoms with Gasteiger partial charge in [-0.2, -0.15) is 8.78 Å². The Morgan fingerprint density at radius 1 is 1.15 bits per heavy atom. The summed E-state index contributed by atoms with van der Waals surface area (Å²) in [6.07, 6.45) is -4.34. The standard InChI is InChI=1S/C10H5F6NO3/c11-4-2-5(12)6(1-3(4)7(18)19)17-9(20)10(15,16)8(13)14/h1-2,8H,(H,17,20)(H,18,19). The first kappa shape index (κ1) is 15.8. The summed E-state index contributed by atoms with van der Waals surface area (Å²) in [4.78, 5) is 21.4. The van der Waals surface area contributed by atoms with Crippen LogP contribution in [0.2, 0.25) is 0 Å². The third kappa shape index (κ3) is 3.00. The van der Waals surface area contributed by atoms with E-state index in [4.69, 9.17) is 5.11 Å². The van der Waals surface area contributed by atoms with E-state index in [9.17, 15) is 35.9 Å². The average molecular weight is 301 g/mol. The third-order valence-corrected chi connectivity index (χ3v) is 2.11. The van der Waals surface area contributed by atoms with Gasteiger partial charge in [0.25, 0.3) is 0 Å². The van der Waals surface area contributed by atoms with Crippen molar-refractivity contribution in [2.24, 2.45) is 0 Å². The van der Waals surface area contributed by atoms with Crippen molar-refractivity contribution in [3.63, 3.8) is 0 Å². The molecular formula is C10H5F6NO3. The summed E-state index contributed by atoms with van der Waals surface area (Å²) in [6.45, 7) is 0. The van der Waals surface area contributed by atoms with Crippen LogP contribution in [0.5, 0.6) is 0 Å². The molecule has 2 N–H and O–H groups in total. The van der Waals surface area contributed by atoms with Gasteiger partial charge < -0.3 is 10.4 Å². The molecule has 1 amide bonds. The third-order valence-electron chi connectivity index (χ3n) is 2.11. The molecular weight excluding hydrogens is 296 g/mol. The number of anilines is 1. The number of aromatic carboxylic acids is 1. The first-order valence-corrected chi connectivity index (χ1v) is 4.77. The summed E-state index contributed by atoms with van der Waals surface area (Å²) < 4.78 is 75.1. The zero-order chi connectivity index (χ0) is 15.7. The molecule has 0 saturated carbocycles. The molecule has 0 bridgehead atoms. The molecule has 0 aromatic heterocycles. The Morgan fingerprint density at radius 3 is 2.15 bits per heavy atom. The van der Waals surface area contributed by atoms with Crippen LogP contribution >= 0.6 is 0 Å². The molecule has 4 nitrogen and oxygen atoms in total. The molecule has 0 aliphatic rings. The topological polar surface area (TPSA) is 66.4 Å². The smallest absolute Gasteiger partial charge is 0.383 e. The minimum absolute atomic E-state index is 0.0135. The summed E-state index contributed by atoms with van der Waals surface area (Å²) >= 11 is 0. The van der Waals surface area contributed by atoms with Crippen LogP contribution in [0.4, 0.5) is 32.0 Å². The lowest BCUT2D eigenvalue weighted by atomic mass is 10.1. The van der Waals surface area contributed by atoms with Gasteiger partial charge in [0.2, 0.25) is 0 Å². The Kier molecular flexibility index (Phi) is 4.26. The van der Waals surface area contributed by atoms with Gasteiger partial charge >= 0.3 is 24.2 Å². The molecule has 10 heteroatoms. The highest BCUT2D eigenvalue weighted by Gasteiger charge is 2.49. The number of rotatable bonds is 4. The van der Waals surface area contributed by atoms with Gasteiger partial charge in [-0.05, 0) is 6.07 Å². The van der Waals surface area contributed by atoms with Crippen LogP contribution in [0.3, 0.4) is 0 Å². The van der Waals surface area contributed by atoms with Crippen LogP contribution in [-0.4, -0.2) is 29.3 Å². The predicted molar refractivity (Wildman–Crippen MR) is 52.9 cm³/mol. The van der Waals surface area contributed by atoms with E-state index in [1.807, 2.05) is 0 Å². The molecule has 0 fully saturated rings. The number of hydrogen-bond acceptors (Lipinski definition) is 2. The van der Waals surface area contributed by atoms with E-state index in [0.717, 1.165) is 5.32 Å². The van der Waals surface area contributed by atoms with Crippen molar-refractivity contribution in [3.8, 4) is 0 Å². The SMILES string of the molecule is O=C(O)c1cc(NC(=O)C(F)(F)C(F)F)c(F)cc1F. The fourth-order valence-electron chi connectivity index (χ4n) is 1.11. The summed E-state index contributed by atoms with van der Waals surface area (Å²) in [5.74, 6) is -12.6. The van der Waals surface area contributed by atoms with Gasteiger partial charge in [0.1, 0.15) is 11.6 Å². The Hall–Kier alpha value is -2.26. The van der Waals surface area contributed by atoms with Gasteiger partial charge in [-0.15, -0.1) is 0 Å². The Labute approximate surface area is 107 Å². The molecule has 0 radical (unpaired) electrons. The fraction of sp³-hybridized carbons (Fsp3) is 0.200. The largest absolute Gasteiger partial charge is 0.478 e. The van der Waals surface area contributed by atoms with Crippen molar-refractivity contribution < 1.29 is 41.0 Å². The van der Waals surface area contributed by atoms with Crippen molar-refractivity contribution in [1.29, 1.82) is 0 Å². The van der Waals surface area contributed by atoms with Gasteiger partial charge in [0.15, 0.2) is 0 Å². The average Bonchev–Trinajstić information content (AvgIpc) is 2.31. The summed E-state index contributed by atoms with van der Waals surface area (Å²) in [7, 11) is 0. The van der Waals surface area contributed by atoms with Crippen molar-refractivity contribution in [3.05, 3.63) is 29.3 Å². The number of nitrogens with one attached hydrogen (secondary N) is 1. The van der Waals surface area contributed by atoms with Crippen LogP contribution in [0.25, 0.3) is 0 Å². The van der Waals surface area contributed by atoms with Crippen molar-refractivity contribution >= 4 is 17.6 Å². The van der Waals surface area contributed by atoms with Gasteiger partial charge in [-0.3, -0.25) is 4.79 Å². The molecule has 0 saturated heterocycles. The number of halogens is 6. The number of benzene rings is 1. The monoisotopic (exact) mass is 301 g/mol. The molecule has 0 spiro atoms. The minimum atomic E-state index is -5.11. The Morgan fingerprint density at radius 2 is 1.70 bits per heavy atom. The molecule has 1 aromatic rings. The van der Waals surface area contributed by atoms with Gasteiger partial charge in [0.05, 0.1) is 11.3 Å². The summed E-state index contributed by atoms with van der Waals surface area (Å²) in [6, 6.07) is 0.214.